The molecule has 0 aliphatic heterocycles. The monoisotopic (exact) mass is 256 g/mol. The zero-order chi connectivity index (χ0) is 10.4. The maximum Gasteiger partial charge on any atom is 0.497 e. The molecule has 1 fully saturated rings. The van der Waals surface area contributed by atoms with Crippen molar-refractivity contribution in [3.8, 4) is 0 Å². The Morgan fingerprint density at radius 3 is 1.77 bits per heavy atom. The molecule has 1 rings (SSSR count). The van der Waals surface area contributed by atoms with Crippen LogP contribution in [0.2, 0.25) is 0 Å². The summed E-state index contributed by atoms with van der Waals surface area (Å²) in [5.74, 6) is -1.80. The second kappa shape index (κ2) is 3.17. The zero-order valence-electron chi connectivity index (χ0n) is 6.05. The van der Waals surface area contributed by atoms with Crippen LogP contribution in [0, 0.1) is 5.92 Å². The molecular formula is C5H5Cl2F3O2S. The fourth-order valence-corrected chi connectivity index (χ4v) is 2.92. The smallest absolute Gasteiger partial charge is 0.220 e. The van der Waals surface area contributed by atoms with Crippen molar-refractivity contribution in [3.05, 3.63) is 0 Å². The lowest BCUT2D eigenvalue weighted by Gasteiger charge is -2.06. The first-order valence-corrected chi connectivity index (χ1v) is 5.76. The average Bonchev–Trinajstić information content (AvgIpc) is 2.42. The van der Waals surface area contributed by atoms with Crippen LogP contribution < -0.4 is 0 Å². The van der Waals surface area contributed by atoms with E-state index in [-0.39, 0.29) is 0 Å². The van der Waals surface area contributed by atoms with E-state index in [1.807, 2.05) is 0 Å². The van der Waals surface area contributed by atoms with Gasteiger partial charge in [-0.25, -0.2) is 8.42 Å². The molecule has 0 bridgehead atoms. The van der Waals surface area contributed by atoms with E-state index in [0.29, 0.717) is 0 Å². The second-order valence-electron chi connectivity index (χ2n) is 2.78. The van der Waals surface area contributed by atoms with E-state index in [4.69, 9.17) is 23.2 Å². The first kappa shape index (κ1) is 11.4. The Morgan fingerprint density at radius 2 is 1.54 bits per heavy atom. The molecule has 0 N–H and O–H groups in total. The molecule has 78 valence electrons. The van der Waals surface area contributed by atoms with Crippen molar-refractivity contribution in [1.29, 1.82) is 0 Å². The minimum absolute atomic E-state index is 0.668. The lowest BCUT2D eigenvalue weighted by molar-refractivity contribution is -0.0436. The Bertz CT molecular complexity index is 291. The molecule has 0 saturated heterocycles. The molecule has 2 unspecified atom stereocenters. The SMILES string of the molecule is O=S(=O)(CC1C(Cl)C1Cl)C(F)(F)F. The van der Waals surface area contributed by atoms with Crippen molar-refractivity contribution in [1.82, 2.24) is 0 Å². The number of sulfone groups is 1. The fraction of sp³-hybridized carbons (Fsp3) is 1.00. The van der Waals surface area contributed by atoms with Crippen LogP contribution in [-0.4, -0.2) is 30.4 Å². The molecule has 0 radical (unpaired) electrons. The van der Waals surface area contributed by atoms with Crippen LogP contribution in [0.25, 0.3) is 0 Å². The molecular weight excluding hydrogens is 252 g/mol. The third-order valence-corrected chi connectivity index (χ3v) is 4.59. The summed E-state index contributed by atoms with van der Waals surface area (Å²) in [6.45, 7) is 0. The predicted molar refractivity (Wildman–Crippen MR) is 42.6 cm³/mol. The van der Waals surface area contributed by atoms with Gasteiger partial charge in [0.1, 0.15) is 0 Å². The summed E-state index contributed by atoms with van der Waals surface area (Å²) < 4.78 is 56.5. The molecule has 0 aromatic heterocycles. The number of hydrogen-bond acceptors (Lipinski definition) is 2. The number of hydrogen-bond donors (Lipinski definition) is 0. The molecule has 2 atom stereocenters. The number of alkyl halides is 5. The van der Waals surface area contributed by atoms with Crippen LogP contribution in [0.1, 0.15) is 0 Å². The van der Waals surface area contributed by atoms with Crippen LogP contribution in [0.15, 0.2) is 0 Å². The Morgan fingerprint density at radius 1 is 1.15 bits per heavy atom. The van der Waals surface area contributed by atoms with Gasteiger partial charge >= 0.3 is 5.51 Å². The van der Waals surface area contributed by atoms with Gasteiger partial charge < -0.3 is 0 Å². The molecule has 0 heterocycles. The van der Waals surface area contributed by atoms with E-state index in [2.05, 4.69) is 0 Å². The Labute approximate surface area is 82.9 Å². The second-order valence-corrected chi connectivity index (χ2v) is 5.81. The highest BCUT2D eigenvalue weighted by molar-refractivity contribution is 7.92. The number of rotatable bonds is 2. The Balaban J connectivity index is 2.65. The van der Waals surface area contributed by atoms with Crippen LogP contribution >= 0.6 is 23.2 Å². The summed E-state index contributed by atoms with van der Waals surface area (Å²) in [5.41, 5.74) is -5.21. The van der Waals surface area contributed by atoms with Gasteiger partial charge in [-0.3, -0.25) is 0 Å². The molecule has 0 aromatic carbocycles. The summed E-state index contributed by atoms with van der Waals surface area (Å²) in [4.78, 5) is 0. The van der Waals surface area contributed by atoms with E-state index in [9.17, 15) is 21.6 Å². The summed E-state index contributed by atoms with van der Waals surface area (Å²) in [5, 5.41) is -1.34. The van der Waals surface area contributed by atoms with Gasteiger partial charge in [0.15, 0.2) is 0 Å². The van der Waals surface area contributed by atoms with E-state index in [1.54, 1.807) is 0 Å². The zero-order valence-corrected chi connectivity index (χ0v) is 8.38. The summed E-state index contributed by atoms with van der Waals surface area (Å²) in [6, 6.07) is 0. The van der Waals surface area contributed by atoms with Crippen molar-refractivity contribution >= 4 is 33.0 Å². The molecule has 2 nitrogen and oxygen atoms in total. The molecule has 1 aliphatic carbocycles. The first-order chi connectivity index (χ1) is 5.67. The van der Waals surface area contributed by atoms with E-state index < -0.39 is 37.8 Å². The van der Waals surface area contributed by atoms with Crippen molar-refractivity contribution < 1.29 is 21.6 Å². The van der Waals surface area contributed by atoms with Crippen LogP contribution in [0.4, 0.5) is 13.2 Å². The quantitative estimate of drug-likeness (QED) is 0.706. The highest BCUT2D eigenvalue weighted by atomic mass is 35.5. The van der Waals surface area contributed by atoms with Crippen LogP contribution in [-0.2, 0) is 9.84 Å². The molecule has 1 aliphatic rings. The summed E-state index contributed by atoms with van der Waals surface area (Å²) in [6.07, 6.45) is 0. The van der Waals surface area contributed by atoms with Gasteiger partial charge in [0.05, 0.1) is 16.5 Å². The molecule has 8 heteroatoms. The van der Waals surface area contributed by atoms with Crippen LogP contribution in [0.3, 0.4) is 0 Å². The highest BCUT2D eigenvalue weighted by Gasteiger charge is 2.55. The lowest BCUT2D eigenvalue weighted by atomic mass is 10.5. The van der Waals surface area contributed by atoms with Gasteiger partial charge in [-0.05, 0) is 0 Å². The van der Waals surface area contributed by atoms with Crippen molar-refractivity contribution in [3.63, 3.8) is 0 Å². The van der Waals surface area contributed by atoms with E-state index >= 15 is 0 Å². The standard InChI is InChI=1S/C5H5Cl2F3O2S/c6-3-2(4(3)7)1-13(11,12)5(8,9)10/h2-4H,1H2. The topological polar surface area (TPSA) is 34.1 Å². The maximum atomic E-state index is 11.8. The van der Waals surface area contributed by atoms with Crippen molar-refractivity contribution in [2.75, 3.05) is 5.75 Å². The van der Waals surface area contributed by atoms with E-state index in [1.165, 1.54) is 0 Å². The van der Waals surface area contributed by atoms with Gasteiger partial charge in [-0.15, -0.1) is 23.2 Å². The Kier molecular flexibility index (Phi) is 2.78. The molecule has 13 heavy (non-hydrogen) atoms. The third kappa shape index (κ3) is 2.22. The Hall–Kier alpha value is 0.320. The predicted octanol–water partition coefficient (Wildman–Crippen LogP) is 1.77. The van der Waals surface area contributed by atoms with Crippen molar-refractivity contribution in [2.24, 2.45) is 5.92 Å². The largest absolute Gasteiger partial charge is 0.497 e. The van der Waals surface area contributed by atoms with Gasteiger partial charge in [0.25, 0.3) is 0 Å². The minimum Gasteiger partial charge on any atom is -0.220 e. The van der Waals surface area contributed by atoms with Crippen LogP contribution in [0.5, 0.6) is 0 Å². The number of halogens is 5. The molecule has 0 spiro atoms. The van der Waals surface area contributed by atoms with Crippen molar-refractivity contribution in [2.45, 2.75) is 16.3 Å². The summed E-state index contributed by atoms with van der Waals surface area (Å²) >= 11 is 10.8. The molecule has 1 saturated carbocycles. The first-order valence-electron chi connectivity index (χ1n) is 3.24. The minimum atomic E-state index is -5.21. The fourth-order valence-electron chi connectivity index (χ4n) is 0.825. The summed E-state index contributed by atoms with van der Waals surface area (Å²) in [7, 11) is -5.07. The maximum absolute atomic E-state index is 11.8. The normalized spacial score (nSPS) is 34.7. The van der Waals surface area contributed by atoms with Gasteiger partial charge in [-0.2, -0.15) is 13.2 Å². The molecule has 0 aromatic rings. The third-order valence-electron chi connectivity index (χ3n) is 1.75. The average molecular weight is 257 g/mol. The lowest BCUT2D eigenvalue weighted by Crippen LogP contribution is -2.27. The van der Waals surface area contributed by atoms with Gasteiger partial charge in [0.2, 0.25) is 9.84 Å². The van der Waals surface area contributed by atoms with Gasteiger partial charge in [0, 0.05) is 5.92 Å². The molecule has 0 amide bonds. The van der Waals surface area contributed by atoms with Gasteiger partial charge in [-0.1, -0.05) is 0 Å². The van der Waals surface area contributed by atoms with E-state index in [0.717, 1.165) is 0 Å². The highest BCUT2D eigenvalue weighted by Crippen LogP contribution is 2.44.